The Morgan fingerprint density at radius 2 is 2.04 bits per heavy atom. The van der Waals surface area contributed by atoms with Crippen molar-refractivity contribution in [1.29, 1.82) is 0 Å². The van der Waals surface area contributed by atoms with Crippen molar-refractivity contribution in [3.8, 4) is 0 Å². The molecule has 0 aromatic rings. The quantitative estimate of drug-likeness (QED) is 0.319. The molecule has 1 rings (SSSR count). The van der Waals surface area contributed by atoms with E-state index in [1.807, 2.05) is 6.92 Å². The van der Waals surface area contributed by atoms with Crippen LogP contribution in [0.5, 0.6) is 0 Å². The van der Waals surface area contributed by atoms with Gasteiger partial charge in [0.15, 0.2) is 15.8 Å². The fourth-order valence-corrected chi connectivity index (χ4v) is 4.21. The van der Waals surface area contributed by atoms with Crippen molar-refractivity contribution >= 4 is 21.7 Å². The Bertz CT molecular complexity index is 517. The van der Waals surface area contributed by atoms with E-state index in [9.17, 15) is 13.2 Å². The Kier molecular flexibility index (Phi) is 9.10. The Labute approximate surface area is 146 Å². The lowest BCUT2D eigenvalue weighted by molar-refractivity contribution is -0.121. The first-order valence-corrected chi connectivity index (χ1v) is 10.7. The summed E-state index contributed by atoms with van der Waals surface area (Å²) in [6.07, 6.45) is 3.01. The van der Waals surface area contributed by atoms with Gasteiger partial charge < -0.3 is 16.0 Å². The Hall–Kier alpha value is -1.31. The molecule has 1 unspecified atom stereocenters. The van der Waals surface area contributed by atoms with Crippen LogP contribution in [0.3, 0.4) is 0 Å². The Balaban J connectivity index is 2.26. The van der Waals surface area contributed by atoms with Crippen molar-refractivity contribution < 1.29 is 13.2 Å². The molecule has 1 heterocycles. The number of hydrogen-bond acceptors (Lipinski definition) is 4. The van der Waals surface area contributed by atoms with Crippen LogP contribution >= 0.6 is 0 Å². The molecule has 0 aromatic carbocycles. The molecule has 1 aliphatic rings. The molecule has 3 N–H and O–H groups in total. The predicted molar refractivity (Wildman–Crippen MR) is 97.9 cm³/mol. The van der Waals surface area contributed by atoms with Gasteiger partial charge in [0, 0.05) is 32.1 Å². The third-order valence-corrected chi connectivity index (χ3v) is 5.56. The lowest BCUT2D eigenvalue weighted by Crippen LogP contribution is -2.41. The number of aliphatic imine (C=N–C) groups is 1. The summed E-state index contributed by atoms with van der Waals surface area (Å²) < 4.78 is 22.8. The fraction of sp³-hybridized carbons (Fsp3) is 0.875. The second-order valence-corrected chi connectivity index (χ2v) is 8.87. The summed E-state index contributed by atoms with van der Waals surface area (Å²) in [6.45, 7) is 8.39. The zero-order valence-electron chi connectivity index (χ0n) is 15.1. The van der Waals surface area contributed by atoms with Crippen molar-refractivity contribution in [2.45, 2.75) is 52.5 Å². The van der Waals surface area contributed by atoms with Crippen molar-refractivity contribution in [2.75, 3.05) is 31.1 Å². The molecule has 1 aliphatic heterocycles. The minimum Gasteiger partial charge on any atom is -0.357 e. The smallest absolute Gasteiger partial charge is 0.222 e. The SMILES string of the molecule is CCNC(=NCCCC(C)C)NCCC(=O)NC1CCS(=O)(=O)C1. The minimum absolute atomic E-state index is 0.0616. The van der Waals surface area contributed by atoms with Gasteiger partial charge in [-0.1, -0.05) is 13.8 Å². The molecule has 24 heavy (non-hydrogen) atoms. The number of nitrogens with one attached hydrogen (secondary N) is 3. The number of guanidine groups is 1. The molecule has 1 amide bonds. The first kappa shape index (κ1) is 20.7. The second-order valence-electron chi connectivity index (χ2n) is 6.64. The van der Waals surface area contributed by atoms with Crippen LogP contribution in [0, 0.1) is 5.92 Å². The second kappa shape index (κ2) is 10.5. The van der Waals surface area contributed by atoms with Gasteiger partial charge in [0.1, 0.15) is 0 Å². The highest BCUT2D eigenvalue weighted by atomic mass is 32.2. The van der Waals surface area contributed by atoms with E-state index in [1.165, 1.54) is 0 Å². The third kappa shape index (κ3) is 9.10. The largest absolute Gasteiger partial charge is 0.357 e. The van der Waals surface area contributed by atoms with Crippen molar-refractivity contribution in [3.05, 3.63) is 0 Å². The molecule has 0 aromatic heterocycles. The minimum atomic E-state index is -2.96. The summed E-state index contributed by atoms with van der Waals surface area (Å²) >= 11 is 0. The number of sulfone groups is 1. The lowest BCUT2D eigenvalue weighted by atomic mass is 10.1. The highest BCUT2D eigenvalue weighted by Crippen LogP contribution is 2.11. The van der Waals surface area contributed by atoms with Gasteiger partial charge in [0.05, 0.1) is 11.5 Å². The summed E-state index contributed by atoms with van der Waals surface area (Å²) in [7, 11) is -2.96. The van der Waals surface area contributed by atoms with Crippen LogP contribution in [0.1, 0.15) is 46.5 Å². The standard InChI is InChI=1S/C16H32N4O3S/c1-4-17-16(18-9-5-6-13(2)3)19-10-7-15(21)20-14-8-11-24(22,23)12-14/h13-14H,4-12H2,1-3H3,(H,20,21)(H2,17,18,19). The van der Waals surface area contributed by atoms with Crippen LogP contribution in [0.15, 0.2) is 4.99 Å². The molecular weight excluding hydrogens is 328 g/mol. The van der Waals surface area contributed by atoms with Crippen molar-refractivity contribution in [3.63, 3.8) is 0 Å². The fourth-order valence-electron chi connectivity index (χ4n) is 2.54. The summed E-state index contributed by atoms with van der Waals surface area (Å²) in [4.78, 5) is 16.4. The number of nitrogens with zero attached hydrogens (tertiary/aromatic N) is 1. The molecule has 7 nitrogen and oxygen atoms in total. The van der Waals surface area contributed by atoms with Crippen molar-refractivity contribution in [2.24, 2.45) is 10.9 Å². The predicted octanol–water partition coefficient (Wildman–Crippen LogP) is 0.671. The number of rotatable bonds is 9. The zero-order valence-corrected chi connectivity index (χ0v) is 15.9. The molecule has 1 fully saturated rings. The van der Waals surface area contributed by atoms with Gasteiger partial charge in [0.25, 0.3) is 0 Å². The van der Waals surface area contributed by atoms with Crippen LogP contribution in [-0.4, -0.2) is 57.5 Å². The van der Waals surface area contributed by atoms with E-state index in [4.69, 9.17) is 0 Å². The average Bonchev–Trinajstić information content (AvgIpc) is 2.82. The van der Waals surface area contributed by atoms with Gasteiger partial charge in [-0.2, -0.15) is 0 Å². The van der Waals surface area contributed by atoms with Crippen LogP contribution < -0.4 is 16.0 Å². The van der Waals surface area contributed by atoms with E-state index < -0.39 is 9.84 Å². The molecule has 0 bridgehead atoms. The number of carbonyl (C=O) groups is 1. The van der Waals surface area contributed by atoms with Crippen LogP contribution in [0.25, 0.3) is 0 Å². The van der Waals surface area contributed by atoms with E-state index in [2.05, 4.69) is 34.8 Å². The molecule has 1 atom stereocenters. The molecule has 140 valence electrons. The summed E-state index contributed by atoms with van der Waals surface area (Å²) in [5, 5.41) is 9.08. The van der Waals surface area contributed by atoms with E-state index >= 15 is 0 Å². The first-order valence-electron chi connectivity index (χ1n) is 8.84. The Morgan fingerprint density at radius 1 is 1.29 bits per heavy atom. The average molecular weight is 361 g/mol. The van der Waals surface area contributed by atoms with Gasteiger partial charge in [0.2, 0.25) is 5.91 Å². The zero-order chi connectivity index (χ0) is 18.0. The summed E-state index contributed by atoms with van der Waals surface area (Å²) in [5.74, 6) is 1.51. The highest BCUT2D eigenvalue weighted by Gasteiger charge is 2.28. The molecule has 8 heteroatoms. The van der Waals surface area contributed by atoms with Crippen LogP contribution in [0.4, 0.5) is 0 Å². The van der Waals surface area contributed by atoms with Crippen LogP contribution in [-0.2, 0) is 14.6 Å². The monoisotopic (exact) mass is 360 g/mol. The maximum absolute atomic E-state index is 11.9. The van der Waals surface area contributed by atoms with E-state index in [0.29, 0.717) is 25.3 Å². The normalized spacial score (nSPS) is 20.2. The maximum atomic E-state index is 11.9. The topological polar surface area (TPSA) is 99.7 Å². The molecule has 0 spiro atoms. The number of amides is 1. The number of hydrogen-bond donors (Lipinski definition) is 3. The van der Waals surface area contributed by atoms with Crippen LogP contribution in [0.2, 0.25) is 0 Å². The van der Waals surface area contributed by atoms with E-state index in [0.717, 1.165) is 31.9 Å². The number of carbonyl (C=O) groups excluding carboxylic acids is 1. The molecule has 0 aliphatic carbocycles. The summed E-state index contributed by atoms with van der Waals surface area (Å²) in [6, 6.07) is -0.236. The van der Waals surface area contributed by atoms with Gasteiger partial charge in [-0.15, -0.1) is 0 Å². The van der Waals surface area contributed by atoms with Gasteiger partial charge in [-0.05, 0) is 32.1 Å². The van der Waals surface area contributed by atoms with Crippen molar-refractivity contribution in [1.82, 2.24) is 16.0 Å². The molecule has 0 radical (unpaired) electrons. The van der Waals surface area contributed by atoms with E-state index in [1.54, 1.807) is 0 Å². The highest BCUT2D eigenvalue weighted by molar-refractivity contribution is 7.91. The molecular formula is C16H32N4O3S. The van der Waals surface area contributed by atoms with Gasteiger partial charge in [-0.25, -0.2) is 8.42 Å². The molecule has 1 saturated heterocycles. The Morgan fingerprint density at radius 3 is 2.62 bits per heavy atom. The van der Waals surface area contributed by atoms with Gasteiger partial charge in [-0.3, -0.25) is 9.79 Å². The van der Waals surface area contributed by atoms with E-state index in [-0.39, 0.29) is 23.5 Å². The maximum Gasteiger partial charge on any atom is 0.222 e. The summed E-state index contributed by atoms with van der Waals surface area (Å²) in [5.41, 5.74) is 0. The molecule has 0 saturated carbocycles. The first-order chi connectivity index (χ1) is 11.3. The lowest BCUT2D eigenvalue weighted by Gasteiger charge is -2.13. The third-order valence-electron chi connectivity index (χ3n) is 3.80. The van der Waals surface area contributed by atoms with Gasteiger partial charge >= 0.3 is 0 Å².